The third-order valence-corrected chi connectivity index (χ3v) is 5.73. The Balaban J connectivity index is 1.35. The van der Waals surface area contributed by atoms with Crippen LogP contribution in [0.1, 0.15) is 62.3 Å². The summed E-state index contributed by atoms with van der Waals surface area (Å²) in [5, 5.41) is 11.2. The average Bonchev–Trinajstić information content (AvgIpc) is 3.31. The number of hydrogen-bond donors (Lipinski definition) is 1. The molecule has 25 heavy (non-hydrogen) atoms. The number of anilines is 1. The zero-order valence-electron chi connectivity index (χ0n) is 14.7. The molecule has 1 amide bonds. The molecule has 0 radical (unpaired) electrons. The van der Waals surface area contributed by atoms with E-state index in [4.69, 9.17) is 0 Å². The van der Waals surface area contributed by atoms with Gasteiger partial charge in [-0.25, -0.2) is 0 Å². The van der Waals surface area contributed by atoms with E-state index < -0.39 is 0 Å². The fraction of sp³-hybridized carbons (Fsp3) is 0.550. The van der Waals surface area contributed by atoms with Crippen molar-refractivity contribution in [3.8, 4) is 0 Å². The van der Waals surface area contributed by atoms with E-state index in [2.05, 4.69) is 32.2 Å². The standard InChI is InChI=1S/C20H26N4O/c25-20(11-8-15-4-1-2-5-15)22-18-7-3-6-16(12-18)17-9-10-19-23-21-14-24(19)13-17/h3,6-7,12,14-15,17H,1-2,4-5,8-11,13H2,(H,22,25). The van der Waals surface area contributed by atoms with Gasteiger partial charge in [-0.3, -0.25) is 4.79 Å². The maximum Gasteiger partial charge on any atom is 0.224 e. The molecule has 5 heteroatoms. The number of fused-ring (bicyclic) bond motifs is 1. The molecule has 132 valence electrons. The van der Waals surface area contributed by atoms with Gasteiger partial charge < -0.3 is 9.88 Å². The largest absolute Gasteiger partial charge is 0.326 e. The van der Waals surface area contributed by atoms with E-state index in [1.165, 1.54) is 31.2 Å². The van der Waals surface area contributed by atoms with Gasteiger partial charge in [-0.05, 0) is 36.5 Å². The predicted octanol–water partition coefficient (Wildman–Crippen LogP) is 3.92. The quantitative estimate of drug-likeness (QED) is 0.899. The molecular formula is C20H26N4O. The number of nitrogens with one attached hydrogen (secondary N) is 1. The topological polar surface area (TPSA) is 59.8 Å². The number of aryl methyl sites for hydroxylation is 1. The number of aromatic nitrogens is 3. The lowest BCUT2D eigenvalue weighted by Crippen LogP contribution is -2.19. The fourth-order valence-corrected chi connectivity index (χ4v) is 4.26. The SMILES string of the molecule is O=C(CCC1CCCC1)Nc1cccc(C2CCc3nncn3C2)c1. The van der Waals surface area contributed by atoms with Crippen molar-refractivity contribution in [1.82, 2.24) is 14.8 Å². The van der Waals surface area contributed by atoms with Crippen LogP contribution in [-0.4, -0.2) is 20.7 Å². The summed E-state index contributed by atoms with van der Waals surface area (Å²) >= 11 is 0. The van der Waals surface area contributed by atoms with Crippen LogP contribution < -0.4 is 5.32 Å². The van der Waals surface area contributed by atoms with Gasteiger partial charge in [-0.15, -0.1) is 10.2 Å². The number of hydrogen-bond acceptors (Lipinski definition) is 3. The molecule has 2 aromatic rings. The van der Waals surface area contributed by atoms with Crippen molar-refractivity contribution >= 4 is 11.6 Å². The van der Waals surface area contributed by atoms with Gasteiger partial charge in [0.1, 0.15) is 12.2 Å². The van der Waals surface area contributed by atoms with Gasteiger partial charge in [-0.1, -0.05) is 37.8 Å². The molecule has 0 saturated heterocycles. The molecule has 1 aliphatic heterocycles. The molecule has 2 heterocycles. The first-order valence-electron chi connectivity index (χ1n) is 9.54. The van der Waals surface area contributed by atoms with Gasteiger partial charge in [0.05, 0.1) is 0 Å². The van der Waals surface area contributed by atoms with Crippen molar-refractivity contribution in [2.24, 2.45) is 5.92 Å². The van der Waals surface area contributed by atoms with Crippen molar-refractivity contribution in [3.05, 3.63) is 42.0 Å². The normalized spacial score (nSPS) is 20.4. The first-order chi connectivity index (χ1) is 12.3. The van der Waals surface area contributed by atoms with E-state index in [0.717, 1.165) is 43.2 Å². The van der Waals surface area contributed by atoms with E-state index in [9.17, 15) is 4.79 Å². The molecule has 0 spiro atoms. The van der Waals surface area contributed by atoms with Gasteiger partial charge in [0.15, 0.2) is 0 Å². The smallest absolute Gasteiger partial charge is 0.224 e. The van der Waals surface area contributed by atoms with Crippen molar-refractivity contribution in [3.63, 3.8) is 0 Å². The molecule has 1 N–H and O–H groups in total. The molecule has 2 aliphatic rings. The lowest BCUT2D eigenvalue weighted by Gasteiger charge is -2.23. The van der Waals surface area contributed by atoms with Gasteiger partial charge >= 0.3 is 0 Å². The highest BCUT2D eigenvalue weighted by molar-refractivity contribution is 5.90. The minimum atomic E-state index is 0.147. The second-order valence-electron chi connectivity index (χ2n) is 7.50. The summed E-state index contributed by atoms with van der Waals surface area (Å²) in [7, 11) is 0. The van der Waals surface area contributed by atoms with E-state index in [1.54, 1.807) is 0 Å². The third kappa shape index (κ3) is 3.91. The van der Waals surface area contributed by atoms with Crippen LogP contribution in [0.4, 0.5) is 5.69 Å². The summed E-state index contributed by atoms with van der Waals surface area (Å²) in [4.78, 5) is 12.3. The Morgan fingerprint density at radius 2 is 2.12 bits per heavy atom. The van der Waals surface area contributed by atoms with Crippen LogP contribution in [0.3, 0.4) is 0 Å². The lowest BCUT2D eigenvalue weighted by molar-refractivity contribution is -0.116. The van der Waals surface area contributed by atoms with Gasteiger partial charge in [0.25, 0.3) is 0 Å². The number of carbonyl (C=O) groups is 1. The minimum absolute atomic E-state index is 0.147. The Labute approximate surface area is 148 Å². The van der Waals surface area contributed by atoms with E-state index in [0.29, 0.717) is 12.3 Å². The second-order valence-corrected chi connectivity index (χ2v) is 7.50. The van der Waals surface area contributed by atoms with Crippen LogP contribution in [0, 0.1) is 5.92 Å². The Morgan fingerprint density at radius 1 is 1.24 bits per heavy atom. The van der Waals surface area contributed by atoms with Crippen LogP contribution in [0.2, 0.25) is 0 Å². The number of rotatable bonds is 5. The summed E-state index contributed by atoms with van der Waals surface area (Å²) in [6.07, 6.45) is 10.8. The van der Waals surface area contributed by atoms with Gasteiger partial charge in [0.2, 0.25) is 5.91 Å². The van der Waals surface area contributed by atoms with Crippen molar-refractivity contribution < 1.29 is 4.79 Å². The van der Waals surface area contributed by atoms with Gasteiger partial charge in [0, 0.05) is 31.0 Å². The highest BCUT2D eigenvalue weighted by Crippen LogP contribution is 2.30. The van der Waals surface area contributed by atoms with E-state index >= 15 is 0 Å². The van der Waals surface area contributed by atoms with E-state index in [1.807, 2.05) is 18.5 Å². The summed E-state index contributed by atoms with van der Waals surface area (Å²) < 4.78 is 2.14. The molecule has 1 aromatic carbocycles. The van der Waals surface area contributed by atoms with Crippen molar-refractivity contribution in [1.29, 1.82) is 0 Å². The molecule has 1 aromatic heterocycles. The fourth-order valence-electron chi connectivity index (χ4n) is 4.26. The Morgan fingerprint density at radius 3 is 3.00 bits per heavy atom. The highest BCUT2D eigenvalue weighted by atomic mass is 16.1. The Kier molecular flexibility index (Phi) is 4.81. The summed E-state index contributed by atoms with van der Waals surface area (Å²) in [6.45, 7) is 0.918. The molecule has 1 fully saturated rings. The summed E-state index contributed by atoms with van der Waals surface area (Å²) in [5.74, 6) is 2.44. The number of amides is 1. The Bertz CT molecular complexity index is 733. The third-order valence-electron chi connectivity index (χ3n) is 5.73. The zero-order chi connectivity index (χ0) is 17.1. The molecule has 0 bridgehead atoms. The molecule has 1 aliphatic carbocycles. The second kappa shape index (κ2) is 7.38. The van der Waals surface area contributed by atoms with Crippen LogP contribution in [-0.2, 0) is 17.8 Å². The molecule has 1 atom stereocenters. The number of carbonyl (C=O) groups excluding carboxylic acids is 1. The number of benzene rings is 1. The highest BCUT2D eigenvalue weighted by Gasteiger charge is 2.21. The van der Waals surface area contributed by atoms with E-state index in [-0.39, 0.29) is 5.91 Å². The summed E-state index contributed by atoms with van der Waals surface area (Å²) in [6, 6.07) is 8.33. The maximum atomic E-state index is 12.3. The van der Waals surface area contributed by atoms with Crippen LogP contribution in [0.15, 0.2) is 30.6 Å². The molecule has 5 nitrogen and oxygen atoms in total. The molecule has 1 saturated carbocycles. The monoisotopic (exact) mass is 338 g/mol. The average molecular weight is 338 g/mol. The van der Waals surface area contributed by atoms with Crippen molar-refractivity contribution in [2.45, 2.75) is 63.8 Å². The first kappa shape index (κ1) is 16.3. The summed E-state index contributed by atoms with van der Waals surface area (Å²) in [5.41, 5.74) is 2.21. The van der Waals surface area contributed by atoms with Gasteiger partial charge in [-0.2, -0.15) is 0 Å². The first-order valence-corrected chi connectivity index (χ1v) is 9.54. The van der Waals surface area contributed by atoms with Crippen LogP contribution in [0.25, 0.3) is 0 Å². The Hall–Kier alpha value is -2.17. The minimum Gasteiger partial charge on any atom is -0.326 e. The molecule has 4 rings (SSSR count). The van der Waals surface area contributed by atoms with Crippen LogP contribution in [0.5, 0.6) is 0 Å². The number of nitrogens with zero attached hydrogens (tertiary/aromatic N) is 3. The zero-order valence-corrected chi connectivity index (χ0v) is 14.7. The molecular weight excluding hydrogens is 312 g/mol. The maximum absolute atomic E-state index is 12.3. The predicted molar refractivity (Wildman–Crippen MR) is 97.3 cm³/mol. The lowest BCUT2D eigenvalue weighted by atomic mass is 9.91. The van der Waals surface area contributed by atoms with Crippen molar-refractivity contribution in [2.75, 3.05) is 5.32 Å². The molecule has 1 unspecified atom stereocenters. The van der Waals surface area contributed by atoms with Crippen LogP contribution >= 0.6 is 0 Å².